The summed E-state index contributed by atoms with van der Waals surface area (Å²) >= 11 is 0. The number of rotatable bonds is 6. The molecule has 0 bridgehead atoms. The third-order valence-corrected chi connectivity index (χ3v) is 5.96. The van der Waals surface area contributed by atoms with Crippen molar-refractivity contribution in [3.05, 3.63) is 24.3 Å². The van der Waals surface area contributed by atoms with Gasteiger partial charge in [-0.3, -0.25) is 0 Å². The molecule has 1 N–H and O–H groups in total. The van der Waals surface area contributed by atoms with E-state index in [0.29, 0.717) is 10.8 Å². The van der Waals surface area contributed by atoms with Crippen LogP contribution >= 0.6 is 0 Å². The molecular formula is C16H26N2O2S. The minimum absolute atomic E-state index is 0.145. The van der Waals surface area contributed by atoms with E-state index < -0.39 is 9.84 Å². The lowest BCUT2D eigenvalue weighted by atomic mass is 9.99. The second-order valence-corrected chi connectivity index (χ2v) is 7.87. The van der Waals surface area contributed by atoms with E-state index in [1.165, 1.54) is 12.8 Å². The van der Waals surface area contributed by atoms with Crippen LogP contribution in [0.4, 0.5) is 5.69 Å². The van der Waals surface area contributed by atoms with Crippen molar-refractivity contribution >= 4 is 15.5 Å². The molecule has 0 aliphatic carbocycles. The summed E-state index contributed by atoms with van der Waals surface area (Å²) in [6.45, 7) is 7.66. The first-order valence-electron chi connectivity index (χ1n) is 7.86. The molecule has 1 fully saturated rings. The van der Waals surface area contributed by atoms with E-state index >= 15 is 0 Å². The van der Waals surface area contributed by atoms with Gasteiger partial charge in [-0.1, -0.05) is 19.1 Å². The van der Waals surface area contributed by atoms with Gasteiger partial charge in [-0.25, -0.2) is 8.42 Å². The van der Waals surface area contributed by atoms with Crippen molar-refractivity contribution in [3.8, 4) is 0 Å². The number of nitrogens with one attached hydrogen (secondary N) is 1. The number of hydrogen-bond donors (Lipinski definition) is 1. The van der Waals surface area contributed by atoms with Gasteiger partial charge < -0.3 is 10.2 Å². The highest BCUT2D eigenvalue weighted by Gasteiger charge is 2.22. The summed E-state index contributed by atoms with van der Waals surface area (Å²) < 4.78 is 24.6. The molecule has 1 aromatic carbocycles. The van der Waals surface area contributed by atoms with Crippen molar-refractivity contribution in [1.82, 2.24) is 5.32 Å². The van der Waals surface area contributed by atoms with Crippen LogP contribution < -0.4 is 10.2 Å². The highest BCUT2D eigenvalue weighted by molar-refractivity contribution is 7.91. The predicted octanol–water partition coefficient (Wildman–Crippen LogP) is 2.31. The maximum atomic E-state index is 12.3. The molecule has 0 spiro atoms. The van der Waals surface area contributed by atoms with E-state index in [0.717, 1.165) is 31.9 Å². The van der Waals surface area contributed by atoms with Crippen LogP contribution in [0.15, 0.2) is 29.2 Å². The van der Waals surface area contributed by atoms with Gasteiger partial charge in [0, 0.05) is 13.1 Å². The van der Waals surface area contributed by atoms with Crippen molar-refractivity contribution in [2.75, 3.05) is 36.8 Å². The summed E-state index contributed by atoms with van der Waals surface area (Å²) in [6, 6.07) is 7.39. The first-order chi connectivity index (χ1) is 10.1. The molecule has 1 heterocycles. The molecular weight excluding hydrogens is 284 g/mol. The van der Waals surface area contributed by atoms with Crippen molar-refractivity contribution in [2.24, 2.45) is 5.92 Å². The van der Waals surface area contributed by atoms with Crippen LogP contribution in [0.3, 0.4) is 0 Å². The van der Waals surface area contributed by atoms with Gasteiger partial charge in [0.15, 0.2) is 9.84 Å². The number of benzene rings is 1. The van der Waals surface area contributed by atoms with Gasteiger partial charge in [-0.05, 0) is 50.9 Å². The monoisotopic (exact) mass is 310 g/mol. The van der Waals surface area contributed by atoms with Crippen molar-refractivity contribution < 1.29 is 8.42 Å². The Morgan fingerprint density at radius 2 is 2.05 bits per heavy atom. The molecule has 0 saturated carbocycles. The Labute approximate surface area is 128 Å². The molecule has 1 unspecified atom stereocenters. The fourth-order valence-corrected chi connectivity index (χ4v) is 4.04. The van der Waals surface area contributed by atoms with Crippen LogP contribution in [0.2, 0.25) is 0 Å². The smallest absolute Gasteiger partial charge is 0.180 e. The van der Waals surface area contributed by atoms with Gasteiger partial charge in [0.25, 0.3) is 0 Å². The lowest BCUT2D eigenvalue weighted by Crippen LogP contribution is -2.38. The zero-order valence-electron chi connectivity index (χ0n) is 13.0. The molecule has 1 aliphatic heterocycles. The molecule has 1 saturated heterocycles. The number of para-hydroxylation sites is 1. The van der Waals surface area contributed by atoms with Crippen molar-refractivity contribution in [1.29, 1.82) is 0 Å². The summed E-state index contributed by atoms with van der Waals surface area (Å²) in [4.78, 5) is 2.68. The molecule has 0 amide bonds. The normalized spacial score (nSPS) is 19.4. The van der Waals surface area contributed by atoms with Gasteiger partial charge in [-0.2, -0.15) is 0 Å². The predicted molar refractivity (Wildman–Crippen MR) is 87.6 cm³/mol. The van der Waals surface area contributed by atoms with Crippen molar-refractivity contribution in [2.45, 2.75) is 31.6 Å². The minimum Gasteiger partial charge on any atom is -0.370 e. The third-order valence-electron chi connectivity index (χ3n) is 4.18. The second-order valence-electron chi connectivity index (χ2n) is 5.62. The van der Waals surface area contributed by atoms with Crippen LogP contribution in [0, 0.1) is 5.92 Å². The Hall–Kier alpha value is -1.07. The number of piperidine rings is 1. The number of sulfone groups is 1. The fraction of sp³-hybridized carbons (Fsp3) is 0.625. The highest BCUT2D eigenvalue weighted by Crippen LogP contribution is 2.27. The highest BCUT2D eigenvalue weighted by atomic mass is 32.2. The summed E-state index contributed by atoms with van der Waals surface area (Å²) in [5.41, 5.74) is 0.854. The lowest BCUT2D eigenvalue weighted by Gasteiger charge is -2.32. The van der Waals surface area contributed by atoms with Crippen LogP contribution in [0.25, 0.3) is 0 Å². The maximum Gasteiger partial charge on any atom is 0.180 e. The van der Waals surface area contributed by atoms with Gasteiger partial charge in [0.1, 0.15) is 0 Å². The van der Waals surface area contributed by atoms with Crippen LogP contribution in [0.1, 0.15) is 26.7 Å². The zero-order chi connectivity index (χ0) is 15.3. The molecule has 5 heteroatoms. The van der Waals surface area contributed by atoms with E-state index in [4.69, 9.17) is 0 Å². The van der Waals surface area contributed by atoms with E-state index in [2.05, 4.69) is 17.1 Å². The summed E-state index contributed by atoms with van der Waals surface area (Å²) in [5, 5.41) is 3.43. The second kappa shape index (κ2) is 7.27. The molecule has 0 radical (unpaired) electrons. The van der Waals surface area contributed by atoms with E-state index in [1.54, 1.807) is 13.0 Å². The van der Waals surface area contributed by atoms with Crippen molar-refractivity contribution in [3.63, 3.8) is 0 Å². The number of anilines is 1. The minimum atomic E-state index is -3.18. The Balaban J connectivity index is 2.25. The van der Waals surface area contributed by atoms with E-state index in [1.807, 2.05) is 18.2 Å². The van der Waals surface area contributed by atoms with Crippen LogP contribution in [-0.4, -0.2) is 40.3 Å². The maximum absolute atomic E-state index is 12.3. The van der Waals surface area contributed by atoms with Crippen LogP contribution in [0.5, 0.6) is 0 Å². The molecule has 2 rings (SSSR count). The van der Waals surface area contributed by atoms with Gasteiger partial charge in [0.05, 0.1) is 16.3 Å². The standard InChI is InChI=1S/C16H26N2O2S/c1-3-18(13-14-8-7-11-17-12-14)15-9-5-6-10-16(15)21(19,20)4-2/h5-6,9-10,14,17H,3-4,7-8,11-13H2,1-2H3. The fourth-order valence-electron chi connectivity index (χ4n) is 2.93. The quantitative estimate of drug-likeness (QED) is 0.876. The average molecular weight is 310 g/mol. The molecule has 0 aromatic heterocycles. The van der Waals surface area contributed by atoms with Gasteiger partial charge in [-0.15, -0.1) is 0 Å². The average Bonchev–Trinajstić information content (AvgIpc) is 2.53. The molecule has 1 aliphatic rings. The Kier molecular flexibility index (Phi) is 5.65. The SMILES string of the molecule is CCN(CC1CCCNC1)c1ccccc1S(=O)(=O)CC. The number of hydrogen-bond acceptors (Lipinski definition) is 4. The lowest BCUT2D eigenvalue weighted by molar-refractivity contribution is 0.377. The summed E-state index contributed by atoms with van der Waals surface area (Å²) in [6.07, 6.45) is 2.42. The molecule has 21 heavy (non-hydrogen) atoms. The van der Waals surface area contributed by atoms with E-state index in [9.17, 15) is 8.42 Å². The van der Waals surface area contributed by atoms with Gasteiger partial charge in [0.2, 0.25) is 0 Å². The molecule has 1 atom stereocenters. The third kappa shape index (κ3) is 3.98. The molecule has 118 valence electrons. The van der Waals surface area contributed by atoms with E-state index in [-0.39, 0.29) is 5.75 Å². The first-order valence-corrected chi connectivity index (χ1v) is 9.51. The largest absolute Gasteiger partial charge is 0.370 e. The Morgan fingerprint density at radius 3 is 2.67 bits per heavy atom. The summed E-state index contributed by atoms with van der Waals surface area (Å²) in [7, 11) is -3.18. The number of nitrogens with zero attached hydrogens (tertiary/aromatic N) is 1. The topological polar surface area (TPSA) is 49.4 Å². The molecule has 1 aromatic rings. The first kappa shape index (κ1) is 16.3. The Morgan fingerprint density at radius 1 is 1.29 bits per heavy atom. The zero-order valence-corrected chi connectivity index (χ0v) is 13.8. The van der Waals surface area contributed by atoms with Crippen LogP contribution in [-0.2, 0) is 9.84 Å². The molecule has 4 nitrogen and oxygen atoms in total. The summed E-state index contributed by atoms with van der Waals surface area (Å²) in [5.74, 6) is 0.739. The Bertz CT molecular complexity index is 551. The van der Waals surface area contributed by atoms with Gasteiger partial charge >= 0.3 is 0 Å².